The second kappa shape index (κ2) is 36.9. The van der Waals surface area contributed by atoms with E-state index in [1.807, 2.05) is 4.90 Å². The molecule has 19 rings (SSSR count). The number of aliphatic imine (C=N–C) groups is 1. The van der Waals surface area contributed by atoms with Gasteiger partial charge in [-0.1, -0.05) is 44.5 Å². The highest BCUT2D eigenvalue weighted by atomic mass is 32.2. The summed E-state index contributed by atoms with van der Waals surface area (Å²) in [6, 6.07) is 6.92. The fraction of sp³-hybridized carbons (Fsp3) is 0.620. The molecule has 0 radical (unpaired) electrons. The SMILES string of the molecule is CC1(C)CCC1N1CC(S(=O)(=O)NC(=O)Nc2c3c(cc4c2CCC4)CCC3)C1.CN(C(=O)OC(C)(C)C)C(=NC(=O)OC(C)(C)C)N1CC(S(=O)(=O)NC(=O)Nc2c3c(cc4c2CCC4)CCC3)C1.O=C(Nc1c2c(cc3c1CCC3)CCC2)NS(=O)(=O)C1CN(CC2CCC2)C1.O=C(Nc1c2c(cc3c1CCC3)CCC2)NS(=O)(=O)C1CN(Cc2cncnc2)C1. The Morgan fingerprint density at radius 2 is 0.742 bits per heavy atom. The first kappa shape index (κ1) is 92.2. The van der Waals surface area contributed by atoms with Gasteiger partial charge in [-0.05, 0) is 322 Å². The molecular weight excluding hydrogens is 1710 g/mol. The molecule has 14 aliphatic rings. The molecule has 10 aliphatic carbocycles. The number of ether oxygens (including phenoxy) is 2. The Morgan fingerprint density at radius 3 is 1.03 bits per heavy atom. The smallest absolute Gasteiger partial charge is 0.437 e. The lowest BCUT2D eigenvalue weighted by Crippen LogP contribution is -2.66. The predicted molar refractivity (Wildman–Crippen MR) is 490 cm³/mol. The van der Waals surface area contributed by atoms with E-state index >= 15 is 0 Å². The molecule has 6 fully saturated rings. The number of urea groups is 4. The first-order chi connectivity index (χ1) is 60.7. The molecule has 4 saturated heterocycles. The maximum Gasteiger partial charge on any atom is 0.437 e. The minimum Gasteiger partial charge on any atom is -0.443 e. The zero-order chi connectivity index (χ0) is 90.7. The summed E-state index contributed by atoms with van der Waals surface area (Å²) in [5.41, 5.74) is 22.7. The molecule has 10 amide bonds. The molecule has 0 bridgehead atoms. The van der Waals surface area contributed by atoms with Gasteiger partial charge in [-0.25, -0.2) is 91.3 Å². The fourth-order valence-corrected chi connectivity index (χ4v) is 26.1. The number of aryl methyl sites for hydroxylation is 8. The van der Waals surface area contributed by atoms with E-state index in [4.69, 9.17) is 9.47 Å². The topological polar surface area (TPSA) is 408 Å². The van der Waals surface area contributed by atoms with Gasteiger partial charge in [0.15, 0.2) is 0 Å². The van der Waals surface area contributed by atoms with Crippen molar-refractivity contribution in [1.29, 1.82) is 0 Å². The minimum absolute atomic E-state index is 0.104. The van der Waals surface area contributed by atoms with Gasteiger partial charge < -0.3 is 40.5 Å². The molecular formula is C92H126N16O16S4. The maximum absolute atomic E-state index is 13.1. The number of fused-ring (bicyclic) bond motifs is 8. The van der Waals surface area contributed by atoms with Crippen molar-refractivity contribution in [2.75, 3.05) is 87.2 Å². The van der Waals surface area contributed by atoms with Crippen LogP contribution in [-0.4, -0.2) is 215 Å². The predicted octanol–water partition coefficient (Wildman–Crippen LogP) is 11.3. The quantitative estimate of drug-likeness (QED) is 0.0317. The summed E-state index contributed by atoms with van der Waals surface area (Å²) in [5, 5.41) is 9.03. The van der Waals surface area contributed by atoms with Gasteiger partial charge in [-0.2, -0.15) is 0 Å². The number of carbonyl (C=O) groups is 6. The summed E-state index contributed by atoms with van der Waals surface area (Å²) in [6.07, 6.45) is 33.5. The van der Waals surface area contributed by atoms with E-state index in [0.29, 0.717) is 51.9 Å². The number of anilines is 4. The highest BCUT2D eigenvalue weighted by Gasteiger charge is 2.51. The molecule has 1 unspecified atom stereocenters. The molecule has 128 heavy (non-hydrogen) atoms. The van der Waals surface area contributed by atoms with Gasteiger partial charge in [0, 0.05) is 119 Å². The molecule has 0 spiro atoms. The van der Waals surface area contributed by atoms with E-state index in [1.54, 1.807) is 53.9 Å². The van der Waals surface area contributed by atoms with Crippen LogP contribution < -0.4 is 40.2 Å². The number of rotatable bonds is 17. The van der Waals surface area contributed by atoms with Crippen molar-refractivity contribution in [3.8, 4) is 0 Å². The van der Waals surface area contributed by atoms with Gasteiger partial charge in [0.1, 0.15) is 38.5 Å². The third-order valence-electron chi connectivity index (χ3n) is 28.1. The van der Waals surface area contributed by atoms with Crippen molar-refractivity contribution < 1.29 is 71.9 Å². The number of nitrogens with one attached hydrogen (secondary N) is 8. The zero-order valence-electron chi connectivity index (χ0n) is 75.3. The lowest BCUT2D eigenvalue weighted by Gasteiger charge is -2.55. The van der Waals surface area contributed by atoms with E-state index in [0.717, 1.165) is 217 Å². The molecule has 1 atom stereocenters. The van der Waals surface area contributed by atoms with Crippen LogP contribution in [-0.2, 0) is 159 Å². The van der Waals surface area contributed by atoms with Crippen LogP contribution in [0.3, 0.4) is 0 Å². The van der Waals surface area contributed by atoms with Gasteiger partial charge in [0.2, 0.25) is 46.1 Å². The van der Waals surface area contributed by atoms with E-state index < -0.39 is 109 Å². The number of nitrogens with zero attached hydrogens (tertiary/aromatic N) is 8. The number of benzene rings is 4. The normalized spacial score (nSPS) is 20.6. The van der Waals surface area contributed by atoms with E-state index in [9.17, 15) is 62.4 Å². The number of likely N-dealkylation sites (tertiary alicyclic amines) is 4. The second-order valence-electron chi connectivity index (χ2n) is 40.1. The number of aromatic nitrogens is 2. The molecule has 5 aromatic rings. The zero-order valence-corrected chi connectivity index (χ0v) is 78.6. The van der Waals surface area contributed by atoms with Crippen molar-refractivity contribution in [3.05, 3.63) is 138 Å². The van der Waals surface area contributed by atoms with Crippen molar-refractivity contribution in [2.45, 2.75) is 286 Å². The maximum atomic E-state index is 13.1. The summed E-state index contributed by atoms with van der Waals surface area (Å²) < 4.78 is 122. The third kappa shape index (κ3) is 20.8. The van der Waals surface area contributed by atoms with Crippen LogP contribution in [0.5, 0.6) is 0 Å². The Labute approximate surface area is 753 Å². The molecule has 2 saturated carbocycles. The number of amides is 10. The lowest BCUT2D eigenvalue weighted by atomic mass is 9.66. The number of guanidine groups is 1. The molecule has 4 aromatic carbocycles. The second-order valence-corrected chi connectivity index (χ2v) is 48.0. The van der Waals surface area contributed by atoms with Crippen LogP contribution in [0.1, 0.15) is 233 Å². The third-order valence-corrected chi connectivity index (χ3v) is 34.7. The molecule has 5 heterocycles. The van der Waals surface area contributed by atoms with E-state index in [-0.39, 0.29) is 24.5 Å². The Morgan fingerprint density at radius 1 is 0.430 bits per heavy atom. The molecule has 1 aromatic heterocycles. The van der Waals surface area contributed by atoms with Crippen molar-refractivity contribution >= 4 is 105 Å². The molecule has 694 valence electrons. The van der Waals surface area contributed by atoms with E-state index in [2.05, 4.69) is 103 Å². The number of hydrogen-bond acceptors (Lipinski definition) is 21. The van der Waals surface area contributed by atoms with Crippen LogP contribution >= 0.6 is 0 Å². The Balaban J connectivity index is 0.000000127. The van der Waals surface area contributed by atoms with Crippen molar-refractivity contribution in [3.63, 3.8) is 0 Å². The average Bonchev–Trinajstić information content (AvgIpc) is 1.14. The number of carbonyl (C=O) groups excluding carboxylic acids is 6. The average molecular weight is 1840 g/mol. The van der Waals surface area contributed by atoms with E-state index in [1.165, 1.54) is 122 Å². The van der Waals surface area contributed by atoms with Crippen molar-refractivity contribution in [2.24, 2.45) is 16.3 Å². The molecule has 8 N–H and O–H groups in total. The largest absolute Gasteiger partial charge is 0.443 e. The van der Waals surface area contributed by atoms with Gasteiger partial charge in [0.25, 0.3) is 0 Å². The number of hydrogen-bond donors (Lipinski definition) is 8. The Bertz CT molecular complexity index is 5560. The minimum atomic E-state index is -4.08. The van der Waals surface area contributed by atoms with Crippen LogP contribution in [0.4, 0.5) is 51.5 Å². The fourth-order valence-electron chi connectivity index (χ4n) is 21.1. The Kier molecular flexibility index (Phi) is 26.6. The molecule has 32 nitrogen and oxygen atoms in total. The van der Waals surface area contributed by atoms with Crippen LogP contribution in [0.15, 0.2) is 48.0 Å². The van der Waals surface area contributed by atoms with Crippen LogP contribution in [0, 0.1) is 11.3 Å². The number of sulfonamides is 4. The van der Waals surface area contributed by atoms with Gasteiger partial charge in [-0.15, -0.1) is 4.99 Å². The molecule has 36 heteroatoms. The summed E-state index contributed by atoms with van der Waals surface area (Å²) in [4.78, 5) is 96.8. The summed E-state index contributed by atoms with van der Waals surface area (Å²) in [7, 11) is -13.7. The van der Waals surface area contributed by atoms with Crippen molar-refractivity contribution in [1.82, 2.24) is 53.4 Å². The lowest BCUT2D eigenvalue weighted by molar-refractivity contribution is -0.0315. The Hall–Kier alpha value is -9.07. The highest BCUT2D eigenvalue weighted by molar-refractivity contribution is 7.91. The van der Waals surface area contributed by atoms with Crippen LogP contribution in [0.25, 0.3) is 0 Å². The van der Waals surface area contributed by atoms with Gasteiger partial charge in [-0.3, -0.25) is 14.7 Å². The van der Waals surface area contributed by atoms with Crippen LogP contribution in [0.2, 0.25) is 0 Å². The standard InChI is InChI=1S/C28H41N5O7S.C22H31N3O3S.C21H25N5O3S.C21H29N3O3S/c1-27(2,3)39-25(35)30-24(32(7)26(36)40-28(4,5)6)33-15-19(16-33)41(37,38)31-23(34)29-22-20-12-8-10-17(20)14-18-11-9-13-21(18)22;1-22(2)10-9-19(22)25-12-16(13-25)29(27,28)24-21(26)23-20-17-7-3-5-14(17)11-15-6-4-8-18(15)20;27-21(24-20-18-5-1-3-15(18)7-16-4-2-6-19(16)20)25-30(28,29)17-11-26(12-17)10-14-8-22-13-23-9-14;25-21(23-28(26,27)17-12-24(13-17)11-14-4-1-5-14)22-20-18-8-2-6-15(18)10-16-7-3-9-19(16)20/h14,19H,8-13,15-16H2,1-7H3,(H2,29,31,34);11,16,19H,3-10,12-13H2,1-2H3,(H2,23,24,26);7-9,13,17H,1-6,10-12H2,(H2,24,25,27);10,14,17H,1-9,11-13H2,(H2,22,23,25). The first-order valence-corrected chi connectivity index (χ1v) is 52.3. The summed E-state index contributed by atoms with van der Waals surface area (Å²) in [6.45, 7) is 18.9. The monoisotopic (exact) mass is 1840 g/mol. The highest BCUT2D eigenvalue weighted by Crippen LogP contribution is 2.47. The first-order valence-electron chi connectivity index (χ1n) is 46.1. The summed E-state index contributed by atoms with van der Waals surface area (Å²) in [5.74, 6) is 0.627. The summed E-state index contributed by atoms with van der Waals surface area (Å²) >= 11 is 0. The van der Waals surface area contributed by atoms with Gasteiger partial charge >= 0.3 is 36.3 Å². The van der Waals surface area contributed by atoms with Gasteiger partial charge in [0.05, 0.1) is 0 Å². The molecule has 4 aliphatic heterocycles.